The van der Waals surface area contributed by atoms with E-state index in [1.807, 2.05) is 6.08 Å². The van der Waals surface area contributed by atoms with Gasteiger partial charge in [0.1, 0.15) is 0 Å². The zero-order valence-corrected chi connectivity index (χ0v) is 43.0. The second-order valence-corrected chi connectivity index (χ2v) is 18.4. The molecule has 0 aliphatic heterocycles. The summed E-state index contributed by atoms with van der Waals surface area (Å²) in [6.45, 7) is 18.8. The summed E-state index contributed by atoms with van der Waals surface area (Å²) in [4.78, 5) is 0. The highest BCUT2D eigenvalue weighted by Gasteiger charge is 2.02. The Bertz CT molecular complexity index is 2640. The molecule has 8 aromatic carbocycles. The van der Waals surface area contributed by atoms with Gasteiger partial charge >= 0.3 is 0 Å². The number of allylic oxidation sites excluding steroid dienone is 3. The Kier molecular flexibility index (Phi) is 23.0. The van der Waals surface area contributed by atoms with Crippen LogP contribution >= 0.6 is 0 Å². The molecule has 0 aromatic heterocycles. The third kappa shape index (κ3) is 19.0. The molecular formula is C69H78. The average molecular weight is 907 g/mol. The monoisotopic (exact) mass is 907 g/mol. The molecule has 0 aliphatic carbocycles. The van der Waals surface area contributed by atoms with Crippen LogP contribution in [-0.4, -0.2) is 0 Å². The van der Waals surface area contributed by atoms with Gasteiger partial charge in [0.25, 0.3) is 0 Å². The zero-order valence-electron chi connectivity index (χ0n) is 43.0. The molecule has 8 aromatic rings. The van der Waals surface area contributed by atoms with Crippen LogP contribution < -0.4 is 0 Å². The number of unbranched alkanes of at least 4 members (excludes halogenated alkanes) is 2. The van der Waals surface area contributed by atoms with Crippen LogP contribution in [0.1, 0.15) is 104 Å². The van der Waals surface area contributed by atoms with Crippen molar-refractivity contribution in [3.63, 3.8) is 0 Å². The van der Waals surface area contributed by atoms with Gasteiger partial charge in [-0.25, -0.2) is 0 Å². The maximum Gasteiger partial charge on any atom is -0.0184 e. The molecule has 0 amide bonds. The van der Waals surface area contributed by atoms with Crippen molar-refractivity contribution in [3.05, 3.63) is 263 Å². The van der Waals surface area contributed by atoms with Gasteiger partial charge in [0.05, 0.1) is 0 Å². The van der Waals surface area contributed by atoms with E-state index in [2.05, 4.69) is 261 Å². The second-order valence-electron chi connectivity index (χ2n) is 18.4. The van der Waals surface area contributed by atoms with Crippen molar-refractivity contribution in [1.29, 1.82) is 0 Å². The molecule has 0 saturated heterocycles. The Morgan fingerprint density at radius 3 is 0.826 bits per heavy atom. The Morgan fingerprint density at radius 2 is 0.565 bits per heavy atom. The van der Waals surface area contributed by atoms with Crippen LogP contribution in [0, 0.1) is 27.7 Å². The van der Waals surface area contributed by atoms with Gasteiger partial charge in [0, 0.05) is 0 Å². The van der Waals surface area contributed by atoms with E-state index >= 15 is 0 Å². The van der Waals surface area contributed by atoms with Crippen LogP contribution in [-0.2, 0) is 25.7 Å². The SMILES string of the molecule is C/C=C/CCc1ccc(-c2ccc(C)cc2)cc1.C=CCCc1ccc(-c2ccc(C)cc2)cc1.CCCCCc1ccc(-c2ccc(C)cc2)cc1.CCCc1ccc(-c2ccc(C)cc2)cc1. The summed E-state index contributed by atoms with van der Waals surface area (Å²) < 4.78 is 0. The van der Waals surface area contributed by atoms with E-state index in [0.717, 1.165) is 25.7 Å². The van der Waals surface area contributed by atoms with E-state index in [-0.39, 0.29) is 0 Å². The lowest BCUT2D eigenvalue weighted by molar-refractivity contribution is 0.717. The summed E-state index contributed by atoms with van der Waals surface area (Å²) >= 11 is 0. The number of aryl methyl sites for hydroxylation is 8. The molecule has 0 bridgehead atoms. The topological polar surface area (TPSA) is 0 Å². The molecule has 0 heterocycles. The van der Waals surface area contributed by atoms with E-state index in [4.69, 9.17) is 0 Å². The van der Waals surface area contributed by atoms with Gasteiger partial charge in [-0.1, -0.05) is 268 Å². The molecule has 0 spiro atoms. The van der Waals surface area contributed by atoms with Crippen molar-refractivity contribution < 1.29 is 0 Å². The van der Waals surface area contributed by atoms with Crippen molar-refractivity contribution in [2.45, 2.75) is 113 Å². The standard InChI is InChI=1S/C18H22.C18H20.C17H18.C16H18/c2*1-3-4-5-6-16-9-13-18(14-10-16)17-11-7-15(2)8-12-17;1-3-4-5-15-8-12-17(13-9-15)16-10-6-14(2)7-11-16;1-3-4-14-7-11-16(12-8-14)15-9-5-13(2)6-10-15/h7-14H,3-6H2,1-2H3;3-4,7-14H,5-6H2,1-2H3;3,6-13H,1,4-5H2,2H3;5-12H,3-4H2,1-2H3/b;4-3+;;. The number of rotatable bonds is 16. The van der Waals surface area contributed by atoms with Crippen LogP contribution in [0.5, 0.6) is 0 Å². The molecule has 0 N–H and O–H groups in total. The Labute approximate surface area is 418 Å². The van der Waals surface area contributed by atoms with Crippen molar-refractivity contribution in [3.8, 4) is 44.5 Å². The van der Waals surface area contributed by atoms with E-state index < -0.39 is 0 Å². The Morgan fingerprint density at radius 1 is 0.304 bits per heavy atom. The fourth-order valence-corrected chi connectivity index (χ4v) is 7.99. The minimum Gasteiger partial charge on any atom is -0.103 e. The van der Waals surface area contributed by atoms with Crippen molar-refractivity contribution in [2.75, 3.05) is 0 Å². The first-order valence-corrected chi connectivity index (χ1v) is 25.5. The molecular weight excluding hydrogens is 829 g/mol. The summed E-state index contributed by atoms with van der Waals surface area (Å²) in [5.41, 5.74) is 21.3. The highest BCUT2D eigenvalue weighted by Crippen LogP contribution is 2.24. The molecule has 0 atom stereocenters. The average Bonchev–Trinajstić information content (AvgIpc) is 3.38. The minimum absolute atomic E-state index is 1.05. The van der Waals surface area contributed by atoms with E-state index in [1.54, 1.807) is 0 Å². The van der Waals surface area contributed by atoms with Crippen LogP contribution in [0.15, 0.2) is 219 Å². The van der Waals surface area contributed by atoms with Gasteiger partial charge in [-0.05, 0) is 146 Å². The van der Waals surface area contributed by atoms with Gasteiger partial charge in [0.15, 0.2) is 0 Å². The summed E-state index contributed by atoms with van der Waals surface area (Å²) in [5, 5.41) is 0. The van der Waals surface area contributed by atoms with Gasteiger partial charge in [-0.2, -0.15) is 0 Å². The van der Waals surface area contributed by atoms with Crippen molar-refractivity contribution in [2.24, 2.45) is 0 Å². The maximum absolute atomic E-state index is 3.75. The number of benzene rings is 8. The molecule has 0 aliphatic rings. The fraction of sp³-hybridized carbons (Fsp3) is 0.246. The first kappa shape index (κ1) is 53.2. The number of hydrogen-bond acceptors (Lipinski definition) is 0. The number of hydrogen-bond donors (Lipinski definition) is 0. The predicted octanol–water partition coefficient (Wildman–Crippen LogP) is 20.0. The zero-order chi connectivity index (χ0) is 49.1. The Balaban J connectivity index is 0.000000172. The summed E-state index contributed by atoms with van der Waals surface area (Å²) in [7, 11) is 0. The molecule has 8 rings (SSSR count). The molecule has 0 nitrogen and oxygen atoms in total. The summed E-state index contributed by atoms with van der Waals surface area (Å²) in [5.74, 6) is 0. The van der Waals surface area contributed by atoms with Gasteiger partial charge in [-0.15, -0.1) is 6.58 Å². The van der Waals surface area contributed by atoms with Crippen molar-refractivity contribution >= 4 is 0 Å². The molecule has 0 saturated carbocycles. The lowest BCUT2D eigenvalue weighted by Gasteiger charge is -2.05. The van der Waals surface area contributed by atoms with Gasteiger partial charge < -0.3 is 0 Å². The molecule has 0 fully saturated rings. The largest absolute Gasteiger partial charge is 0.103 e. The minimum atomic E-state index is 1.05. The van der Waals surface area contributed by atoms with E-state index in [9.17, 15) is 0 Å². The first-order chi connectivity index (χ1) is 33.7. The smallest absolute Gasteiger partial charge is 0.0184 e. The van der Waals surface area contributed by atoms with E-state index in [0.29, 0.717) is 0 Å². The lowest BCUT2D eigenvalue weighted by atomic mass is 10.0. The van der Waals surface area contributed by atoms with E-state index in [1.165, 1.54) is 128 Å². The molecule has 354 valence electrons. The van der Waals surface area contributed by atoms with Crippen LogP contribution in [0.3, 0.4) is 0 Å². The normalized spacial score (nSPS) is 10.5. The Hall–Kier alpha value is -6.76. The summed E-state index contributed by atoms with van der Waals surface area (Å²) in [6, 6.07) is 70.4. The lowest BCUT2D eigenvalue weighted by Crippen LogP contribution is -1.86. The third-order valence-corrected chi connectivity index (χ3v) is 12.4. The highest BCUT2D eigenvalue weighted by atomic mass is 14.1. The van der Waals surface area contributed by atoms with Crippen LogP contribution in [0.2, 0.25) is 0 Å². The van der Waals surface area contributed by atoms with Crippen LogP contribution in [0.25, 0.3) is 44.5 Å². The molecule has 0 radical (unpaired) electrons. The fourth-order valence-electron chi connectivity index (χ4n) is 7.99. The molecule has 0 heteroatoms. The maximum atomic E-state index is 3.75. The quantitative estimate of drug-likeness (QED) is 0.0669. The van der Waals surface area contributed by atoms with Gasteiger partial charge in [-0.3, -0.25) is 0 Å². The highest BCUT2D eigenvalue weighted by molar-refractivity contribution is 5.66. The van der Waals surface area contributed by atoms with Crippen molar-refractivity contribution in [1.82, 2.24) is 0 Å². The first-order valence-electron chi connectivity index (χ1n) is 25.5. The van der Waals surface area contributed by atoms with Crippen LogP contribution in [0.4, 0.5) is 0 Å². The predicted molar refractivity (Wildman–Crippen MR) is 305 cm³/mol. The third-order valence-electron chi connectivity index (χ3n) is 12.4. The second kappa shape index (κ2) is 29.9. The summed E-state index contributed by atoms with van der Waals surface area (Å²) in [6.07, 6.45) is 18.2. The molecule has 69 heavy (non-hydrogen) atoms. The van der Waals surface area contributed by atoms with Gasteiger partial charge in [0.2, 0.25) is 0 Å². The molecule has 0 unspecified atom stereocenters.